The first-order chi connectivity index (χ1) is 13.6. The van der Waals surface area contributed by atoms with Gasteiger partial charge in [0.1, 0.15) is 12.6 Å². The number of nitrogens with zero attached hydrogens (tertiary/aromatic N) is 1. The Morgan fingerprint density at radius 3 is 2.21 bits per heavy atom. The molecule has 1 aliphatic rings. The van der Waals surface area contributed by atoms with Gasteiger partial charge in [-0.2, -0.15) is 8.78 Å². The Morgan fingerprint density at radius 2 is 1.57 bits per heavy atom. The summed E-state index contributed by atoms with van der Waals surface area (Å²) in [6, 6.07) is 22.6. The maximum absolute atomic E-state index is 12.4. The van der Waals surface area contributed by atoms with Crippen molar-refractivity contribution >= 4 is 29.3 Å². The van der Waals surface area contributed by atoms with Crippen molar-refractivity contribution in [1.82, 2.24) is 0 Å². The van der Waals surface area contributed by atoms with E-state index in [0.717, 1.165) is 22.3 Å². The van der Waals surface area contributed by atoms with Crippen LogP contribution in [0.15, 0.2) is 82.7 Å². The number of rotatable bonds is 5. The summed E-state index contributed by atoms with van der Waals surface area (Å²) in [5, 5.41) is 0.616. The Balaban J connectivity index is 1.50. The Kier molecular flexibility index (Phi) is 5.64. The number of hydrogen-bond acceptors (Lipinski definition) is 3. The molecule has 0 spiro atoms. The molecule has 1 heterocycles. The zero-order valence-electron chi connectivity index (χ0n) is 14.7. The van der Waals surface area contributed by atoms with E-state index >= 15 is 0 Å². The van der Waals surface area contributed by atoms with E-state index in [1.54, 1.807) is 12.1 Å². The van der Waals surface area contributed by atoms with E-state index in [2.05, 4.69) is 4.99 Å². The minimum atomic E-state index is -2.41. The maximum Gasteiger partial charge on any atom is 0.288 e. The first kappa shape index (κ1) is 19.0. The third-order valence-electron chi connectivity index (χ3n) is 4.46. The van der Waals surface area contributed by atoms with Gasteiger partial charge in [0.2, 0.25) is 5.90 Å². The first-order valence-electron chi connectivity index (χ1n) is 8.71. The van der Waals surface area contributed by atoms with Gasteiger partial charge < -0.3 is 4.74 Å². The standard InChI is InChI=1S/C22H16ClF2NOS/c23-19-4-2-1-3-18(19)21-26-20(13-27-21)16-7-5-14(6-8-16)15-9-11-17(12-10-15)28-22(24)25/h1-12,20,22H,13H2. The Labute approximate surface area is 171 Å². The van der Waals surface area contributed by atoms with Gasteiger partial charge in [-0.25, -0.2) is 4.99 Å². The molecule has 0 aromatic heterocycles. The molecular weight excluding hydrogens is 400 g/mol. The van der Waals surface area contributed by atoms with Crippen LogP contribution in [-0.2, 0) is 4.74 Å². The van der Waals surface area contributed by atoms with E-state index in [0.29, 0.717) is 34.2 Å². The van der Waals surface area contributed by atoms with Crippen molar-refractivity contribution in [2.75, 3.05) is 6.61 Å². The van der Waals surface area contributed by atoms with Crippen LogP contribution in [0.2, 0.25) is 5.02 Å². The number of halogens is 3. The quantitative estimate of drug-likeness (QED) is 0.425. The molecule has 142 valence electrons. The third-order valence-corrected chi connectivity index (χ3v) is 5.52. The zero-order valence-corrected chi connectivity index (χ0v) is 16.3. The highest BCUT2D eigenvalue weighted by Gasteiger charge is 2.23. The lowest BCUT2D eigenvalue weighted by molar-refractivity contribution is 0.252. The lowest BCUT2D eigenvalue weighted by Gasteiger charge is -2.08. The molecule has 1 unspecified atom stereocenters. The van der Waals surface area contributed by atoms with Gasteiger partial charge in [0, 0.05) is 4.90 Å². The van der Waals surface area contributed by atoms with E-state index in [4.69, 9.17) is 16.3 Å². The second kappa shape index (κ2) is 8.33. The van der Waals surface area contributed by atoms with Crippen LogP contribution in [-0.4, -0.2) is 18.3 Å². The smallest absolute Gasteiger partial charge is 0.288 e. The van der Waals surface area contributed by atoms with Crippen LogP contribution in [0, 0.1) is 0 Å². The second-order valence-electron chi connectivity index (χ2n) is 6.27. The molecule has 0 aliphatic carbocycles. The molecule has 28 heavy (non-hydrogen) atoms. The summed E-state index contributed by atoms with van der Waals surface area (Å²) < 4.78 is 30.6. The van der Waals surface area contributed by atoms with E-state index in [1.165, 1.54) is 0 Å². The molecule has 0 saturated carbocycles. The van der Waals surface area contributed by atoms with Crippen molar-refractivity contribution in [1.29, 1.82) is 0 Å². The normalized spacial score (nSPS) is 16.1. The summed E-state index contributed by atoms with van der Waals surface area (Å²) in [7, 11) is 0. The Bertz CT molecular complexity index is 990. The molecule has 3 aromatic carbocycles. The van der Waals surface area contributed by atoms with Crippen molar-refractivity contribution < 1.29 is 13.5 Å². The molecule has 0 fully saturated rings. The molecule has 0 amide bonds. The van der Waals surface area contributed by atoms with Crippen LogP contribution in [0.5, 0.6) is 0 Å². The third kappa shape index (κ3) is 4.21. The van der Waals surface area contributed by atoms with Crippen LogP contribution in [0.25, 0.3) is 11.1 Å². The number of thioether (sulfide) groups is 1. The fraction of sp³-hybridized carbons (Fsp3) is 0.136. The molecule has 1 aliphatic heterocycles. The minimum Gasteiger partial charge on any atom is -0.475 e. The minimum absolute atomic E-state index is 0.0786. The van der Waals surface area contributed by atoms with Gasteiger partial charge in [0.05, 0.1) is 10.6 Å². The maximum atomic E-state index is 12.4. The second-order valence-corrected chi connectivity index (χ2v) is 7.74. The zero-order chi connectivity index (χ0) is 19.5. The van der Waals surface area contributed by atoms with Gasteiger partial charge in [-0.1, -0.05) is 71.9 Å². The summed E-state index contributed by atoms with van der Waals surface area (Å²) in [4.78, 5) is 5.22. The lowest BCUT2D eigenvalue weighted by atomic mass is 10.0. The number of hydrogen-bond donors (Lipinski definition) is 0. The predicted molar refractivity (Wildman–Crippen MR) is 110 cm³/mol. The largest absolute Gasteiger partial charge is 0.475 e. The number of alkyl halides is 2. The van der Waals surface area contributed by atoms with Crippen molar-refractivity contribution in [2.24, 2.45) is 4.99 Å². The molecule has 3 aromatic rings. The summed E-state index contributed by atoms with van der Waals surface area (Å²) in [6.45, 7) is 0.472. The summed E-state index contributed by atoms with van der Waals surface area (Å²) in [5.74, 6) is -1.85. The van der Waals surface area contributed by atoms with Gasteiger partial charge in [-0.05, 0) is 41.0 Å². The highest BCUT2D eigenvalue weighted by atomic mass is 35.5. The molecular formula is C22H16ClF2NOS. The molecule has 6 heteroatoms. The average Bonchev–Trinajstić information content (AvgIpc) is 3.19. The molecule has 0 bridgehead atoms. The van der Waals surface area contributed by atoms with Crippen LogP contribution in [0.1, 0.15) is 17.2 Å². The Morgan fingerprint density at radius 1 is 0.929 bits per heavy atom. The highest BCUT2D eigenvalue weighted by Crippen LogP contribution is 2.31. The predicted octanol–water partition coefficient (Wildman–Crippen LogP) is 6.84. The summed E-state index contributed by atoms with van der Waals surface area (Å²) in [5.41, 5.74) is 3.85. The number of aliphatic imine (C=N–C) groups is 1. The van der Waals surface area contributed by atoms with Crippen molar-refractivity contribution in [3.63, 3.8) is 0 Å². The van der Waals surface area contributed by atoms with E-state index in [-0.39, 0.29) is 6.04 Å². The van der Waals surface area contributed by atoms with E-state index < -0.39 is 5.76 Å². The average molecular weight is 416 g/mol. The monoisotopic (exact) mass is 415 g/mol. The van der Waals surface area contributed by atoms with Gasteiger partial charge in [0.15, 0.2) is 0 Å². The summed E-state index contributed by atoms with van der Waals surface area (Å²) in [6.07, 6.45) is 0. The topological polar surface area (TPSA) is 21.6 Å². The van der Waals surface area contributed by atoms with Gasteiger partial charge in [-0.15, -0.1) is 0 Å². The fourth-order valence-corrected chi connectivity index (χ4v) is 3.77. The molecule has 0 saturated heterocycles. The van der Waals surface area contributed by atoms with Crippen LogP contribution in [0.3, 0.4) is 0 Å². The lowest BCUT2D eigenvalue weighted by Crippen LogP contribution is -2.01. The molecule has 0 radical (unpaired) electrons. The van der Waals surface area contributed by atoms with E-state index in [1.807, 2.05) is 60.7 Å². The molecule has 4 rings (SSSR count). The number of benzene rings is 3. The molecule has 0 N–H and O–H groups in total. The highest BCUT2D eigenvalue weighted by molar-refractivity contribution is 7.99. The number of ether oxygens (including phenoxy) is 1. The SMILES string of the molecule is FC(F)Sc1ccc(-c2ccc(C3COC(c4ccccc4Cl)=N3)cc2)cc1. The van der Waals surface area contributed by atoms with Crippen LogP contribution >= 0.6 is 23.4 Å². The fourth-order valence-electron chi connectivity index (χ4n) is 3.05. The van der Waals surface area contributed by atoms with Crippen molar-refractivity contribution in [3.05, 3.63) is 88.9 Å². The van der Waals surface area contributed by atoms with Crippen LogP contribution < -0.4 is 0 Å². The molecule has 2 nitrogen and oxygen atoms in total. The van der Waals surface area contributed by atoms with Crippen molar-refractivity contribution in [3.8, 4) is 11.1 Å². The van der Waals surface area contributed by atoms with E-state index in [9.17, 15) is 8.78 Å². The summed E-state index contributed by atoms with van der Waals surface area (Å²) >= 11 is 6.77. The van der Waals surface area contributed by atoms with Gasteiger partial charge >= 0.3 is 0 Å². The van der Waals surface area contributed by atoms with Crippen LogP contribution in [0.4, 0.5) is 8.78 Å². The van der Waals surface area contributed by atoms with Gasteiger partial charge in [-0.3, -0.25) is 0 Å². The van der Waals surface area contributed by atoms with Crippen molar-refractivity contribution in [2.45, 2.75) is 16.7 Å². The first-order valence-corrected chi connectivity index (χ1v) is 9.96. The van der Waals surface area contributed by atoms with Gasteiger partial charge in [0.25, 0.3) is 5.76 Å². The Hall–Kier alpha value is -2.37. The molecule has 1 atom stereocenters.